The molecule has 0 atom stereocenters. The van der Waals surface area contributed by atoms with E-state index in [-0.39, 0.29) is 5.91 Å². The van der Waals surface area contributed by atoms with Gasteiger partial charge in [0.2, 0.25) is 5.91 Å². The van der Waals surface area contributed by atoms with Crippen LogP contribution in [0.3, 0.4) is 0 Å². The van der Waals surface area contributed by atoms with Crippen molar-refractivity contribution in [1.29, 1.82) is 0 Å². The van der Waals surface area contributed by atoms with E-state index in [0.29, 0.717) is 18.3 Å². The summed E-state index contributed by atoms with van der Waals surface area (Å²) >= 11 is 0. The van der Waals surface area contributed by atoms with Crippen molar-refractivity contribution < 1.29 is 9.32 Å². The third-order valence-corrected chi connectivity index (χ3v) is 5.76. The van der Waals surface area contributed by atoms with E-state index in [2.05, 4.69) is 31.0 Å². The fourth-order valence-corrected chi connectivity index (χ4v) is 4.21. The zero-order chi connectivity index (χ0) is 20.5. The number of carbonyl (C=O) groups excluding carboxylic acids is 1. The van der Waals surface area contributed by atoms with Crippen molar-refractivity contribution in [2.45, 2.75) is 13.3 Å². The lowest BCUT2D eigenvalue weighted by atomic mass is 10.2. The molecule has 4 heterocycles. The van der Waals surface area contributed by atoms with Crippen molar-refractivity contribution in [3.63, 3.8) is 0 Å². The van der Waals surface area contributed by atoms with Crippen LogP contribution in [-0.2, 0) is 11.2 Å². The van der Waals surface area contributed by atoms with Crippen LogP contribution in [0.1, 0.15) is 11.4 Å². The number of aryl methyl sites for hydroxylation is 1. The van der Waals surface area contributed by atoms with E-state index >= 15 is 0 Å². The van der Waals surface area contributed by atoms with Gasteiger partial charge in [0.05, 0.1) is 12.1 Å². The van der Waals surface area contributed by atoms with E-state index in [4.69, 9.17) is 4.52 Å². The lowest BCUT2D eigenvalue weighted by Gasteiger charge is -2.36. The molecule has 0 aliphatic carbocycles. The molecular weight excluding hydrogens is 380 g/mol. The number of aromatic nitrogens is 3. The van der Waals surface area contributed by atoms with Crippen molar-refractivity contribution in [2.75, 3.05) is 49.1 Å². The minimum atomic E-state index is 0.174. The zero-order valence-electron chi connectivity index (χ0n) is 17.0. The maximum atomic E-state index is 12.9. The Labute approximate surface area is 175 Å². The number of carbonyl (C=O) groups is 1. The summed E-state index contributed by atoms with van der Waals surface area (Å²) in [6, 6.07) is 12.0. The maximum Gasteiger partial charge on any atom is 0.261 e. The molecule has 0 spiro atoms. The van der Waals surface area contributed by atoms with Crippen LogP contribution in [0.15, 0.2) is 47.1 Å². The van der Waals surface area contributed by atoms with Gasteiger partial charge in [-0.1, -0.05) is 23.4 Å². The second-order valence-electron chi connectivity index (χ2n) is 7.71. The maximum absolute atomic E-state index is 12.9. The third-order valence-electron chi connectivity index (χ3n) is 5.76. The topological polar surface area (TPSA) is 78.6 Å². The smallest absolute Gasteiger partial charge is 0.261 e. The van der Waals surface area contributed by atoms with Gasteiger partial charge in [-0.05, 0) is 37.1 Å². The predicted molar refractivity (Wildman–Crippen MR) is 113 cm³/mol. The molecular formula is C22H24N6O2. The number of hydrogen-bond acceptors (Lipinski definition) is 7. The number of fused-ring (bicyclic) bond motifs is 1. The van der Waals surface area contributed by atoms with Gasteiger partial charge in [0.25, 0.3) is 5.89 Å². The van der Waals surface area contributed by atoms with Crippen LogP contribution in [0.4, 0.5) is 11.5 Å². The zero-order valence-corrected chi connectivity index (χ0v) is 17.0. The molecule has 2 aromatic heterocycles. The Balaban J connectivity index is 1.23. The summed E-state index contributed by atoms with van der Waals surface area (Å²) in [4.78, 5) is 28.2. The summed E-state index contributed by atoms with van der Waals surface area (Å²) in [5, 5.41) is 3.89. The molecule has 1 aromatic carbocycles. The normalized spacial score (nSPS) is 16.7. The first-order valence-electron chi connectivity index (χ1n) is 10.3. The van der Waals surface area contributed by atoms with E-state index in [1.165, 1.54) is 5.56 Å². The number of nitrogens with zero attached hydrogens (tertiary/aromatic N) is 6. The molecule has 0 radical (unpaired) electrons. The van der Waals surface area contributed by atoms with Crippen molar-refractivity contribution in [3.05, 3.63) is 54.0 Å². The monoisotopic (exact) mass is 404 g/mol. The first-order chi connectivity index (χ1) is 14.7. The third kappa shape index (κ3) is 3.54. The fraction of sp³-hybridized carbons (Fsp3) is 0.364. The molecule has 2 aliphatic heterocycles. The molecule has 5 rings (SSSR count). The van der Waals surface area contributed by atoms with E-state index in [9.17, 15) is 4.79 Å². The Morgan fingerprint density at radius 1 is 1.07 bits per heavy atom. The molecule has 0 N–H and O–H groups in total. The van der Waals surface area contributed by atoms with E-state index in [1.54, 1.807) is 13.1 Å². The van der Waals surface area contributed by atoms with Crippen LogP contribution in [0.25, 0.3) is 11.5 Å². The van der Waals surface area contributed by atoms with Gasteiger partial charge in [0.15, 0.2) is 5.82 Å². The second-order valence-corrected chi connectivity index (χ2v) is 7.71. The Kier molecular flexibility index (Phi) is 4.92. The first kappa shape index (κ1) is 18.7. The standard InChI is InChI=1S/C22H24N6O2/c1-16-24-22(30-25-16)18-6-4-9-23-21(18)27-13-11-26(12-14-27)15-20(29)28-10-8-17-5-2-3-7-19(17)28/h2-7,9H,8,10-15H2,1H3. The van der Waals surface area contributed by atoms with Crippen LogP contribution >= 0.6 is 0 Å². The molecule has 8 nitrogen and oxygen atoms in total. The molecule has 0 saturated carbocycles. The Bertz CT molecular complexity index is 1060. The summed E-state index contributed by atoms with van der Waals surface area (Å²) in [6.07, 6.45) is 2.72. The molecule has 8 heteroatoms. The summed E-state index contributed by atoms with van der Waals surface area (Å²) in [5.41, 5.74) is 3.17. The van der Waals surface area contributed by atoms with E-state index in [1.807, 2.05) is 35.2 Å². The summed E-state index contributed by atoms with van der Waals surface area (Å²) in [6.45, 7) is 6.22. The first-order valence-corrected chi connectivity index (χ1v) is 10.3. The van der Waals surface area contributed by atoms with E-state index < -0.39 is 0 Å². The molecule has 30 heavy (non-hydrogen) atoms. The predicted octanol–water partition coefficient (Wildman–Crippen LogP) is 2.15. The average Bonchev–Trinajstić information content (AvgIpc) is 3.41. The molecule has 1 fully saturated rings. The van der Waals surface area contributed by atoms with Gasteiger partial charge in [-0.3, -0.25) is 9.69 Å². The van der Waals surface area contributed by atoms with Gasteiger partial charge in [-0.15, -0.1) is 0 Å². The van der Waals surface area contributed by atoms with Crippen LogP contribution < -0.4 is 9.80 Å². The lowest BCUT2D eigenvalue weighted by molar-refractivity contribution is -0.119. The number of amides is 1. The SMILES string of the molecule is Cc1noc(-c2cccnc2N2CCN(CC(=O)N3CCc4ccccc43)CC2)n1. The number of piperazine rings is 1. The van der Waals surface area contributed by atoms with Gasteiger partial charge in [-0.2, -0.15) is 4.98 Å². The lowest BCUT2D eigenvalue weighted by Crippen LogP contribution is -2.50. The number of pyridine rings is 1. The van der Waals surface area contributed by atoms with Gasteiger partial charge < -0.3 is 14.3 Å². The molecule has 0 bridgehead atoms. The largest absolute Gasteiger partial charge is 0.353 e. The Hall–Kier alpha value is -3.26. The highest BCUT2D eigenvalue weighted by Crippen LogP contribution is 2.29. The molecule has 1 saturated heterocycles. The molecule has 3 aromatic rings. The van der Waals surface area contributed by atoms with Crippen LogP contribution in [0.2, 0.25) is 0 Å². The minimum Gasteiger partial charge on any atom is -0.353 e. The van der Waals surface area contributed by atoms with Crippen LogP contribution in [0, 0.1) is 6.92 Å². The molecule has 154 valence electrons. The van der Waals surface area contributed by atoms with Gasteiger partial charge in [0.1, 0.15) is 5.82 Å². The number of benzene rings is 1. The molecule has 2 aliphatic rings. The highest BCUT2D eigenvalue weighted by atomic mass is 16.5. The van der Waals surface area contributed by atoms with E-state index in [0.717, 1.165) is 56.2 Å². The van der Waals surface area contributed by atoms with Crippen molar-refractivity contribution in [2.24, 2.45) is 0 Å². The van der Waals surface area contributed by atoms with Crippen molar-refractivity contribution in [3.8, 4) is 11.5 Å². The summed E-state index contributed by atoms with van der Waals surface area (Å²) in [7, 11) is 0. The fourth-order valence-electron chi connectivity index (χ4n) is 4.21. The number of hydrogen-bond donors (Lipinski definition) is 0. The summed E-state index contributed by atoms with van der Waals surface area (Å²) < 4.78 is 5.35. The average molecular weight is 404 g/mol. The molecule has 1 amide bonds. The van der Waals surface area contributed by atoms with Gasteiger partial charge in [-0.25, -0.2) is 4.98 Å². The second kappa shape index (κ2) is 7.87. The number of para-hydroxylation sites is 1. The van der Waals surface area contributed by atoms with Crippen molar-refractivity contribution >= 4 is 17.4 Å². The van der Waals surface area contributed by atoms with Crippen LogP contribution in [0.5, 0.6) is 0 Å². The highest BCUT2D eigenvalue weighted by molar-refractivity contribution is 5.96. The summed E-state index contributed by atoms with van der Waals surface area (Å²) in [5.74, 6) is 2.11. The quantitative estimate of drug-likeness (QED) is 0.659. The Morgan fingerprint density at radius 3 is 2.70 bits per heavy atom. The van der Waals surface area contributed by atoms with Crippen molar-refractivity contribution in [1.82, 2.24) is 20.0 Å². The van der Waals surface area contributed by atoms with Gasteiger partial charge >= 0.3 is 0 Å². The Morgan fingerprint density at radius 2 is 1.90 bits per heavy atom. The minimum absolute atomic E-state index is 0.174. The number of rotatable bonds is 4. The number of anilines is 2. The molecule has 0 unspecified atom stereocenters. The van der Waals surface area contributed by atoms with Crippen LogP contribution in [-0.4, -0.2) is 65.2 Å². The van der Waals surface area contributed by atoms with Gasteiger partial charge in [0, 0.05) is 44.6 Å². The highest BCUT2D eigenvalue weighted by Gasteiger charge is 2.28.